The van der Waals surface area contributed by atoms with Crippen molar-refractivity contribution >= 4 is 23.5 Å². The van der Waals surface area contributed by atoms with Crippen molar-refractivity contribution < 1.29 is 23.8 Å². The van der Waals surface area contributed by atoms with Gasteiger partial charge in [-0.05, 0) is 49.8 Å². The maximum atomic E-state index is 14.0. The molecular formula is C19H25ClFN3O4. The number of nitrogens with zero attached hydrogens (tertiary/aromatic N) is 1. The fourth-order valence-electron chi connectivity index (χ4n) is 3.80. The van der Waals surface area contributed by atoms with Crippen LogP contribution in [0.15, 0.2) is 12.1 Å². The number of benzene rings is 1. The van der Waals surface area contributed by atoms with Crippen LogP contribution < -0.4 is 15.4 Å². The van der Waals surface area contributed by atoms with Crippen LogP contribution in [0.4, 0.5) is 9.18 Å². The van der Waals surface area contributed by atoms with E-state index in [0.29, 0.717) is 38.1 Å². The Morgan fingerprint density at radius 2 is 2.11 bits per heavy atom. The predicted octanol–water partition coefficient (Wildman–Crippen LogP) is 2.36. The molecule has 3 amide bonds. The van der Waals surface area contributed by atoms with Crippen LogP contribution >= 0.6 is 11.6 Å². The average molecular weight is 414 g/mol. The monoisotopic (exact) mass is 413 g/mol. The minimum atomic E-state index is -1.02. The number of amides is 3. The topological polar surface area (TPSA) is 90.9 Å². The van der Waals surface area contributed by atoms with Crippen LogP contribution in [0.1, 0.15) is 44.1 Å². The van der Waals surface area contributed by atoms with E-state index in [-0.39, 0.29) is 23.3 Å². The second kappa shape index (κ2) is 8.13. The number of hydrogen-bond donors (Lipinski definition) is 3. The van der Waals surface area contributed by atoms with Crippen LogP contribution in [-0.4, -0.2) is 53.9 Å². The summed E-state index contributed by atoms with van der Waals surface area (Å²) < 4.78 is 19.1. The van der Waals surface area contributed by atoms with Gasteiger partial charge in [0.1, 0.15) is 16.6 Å². The van der Waals surface area contributed by atoms with E-state index in [4.69, 9.17) is 16.3 Å². The lowest BCUT2D eigenvalue weighted by Gasteiger charge is -2.33. The van der Waals surface area contributed by atoms with Gasteiger partial charge in [-0.15, -0.1) is 0 Å². The van der Waals surface area contributed by atoms with Gasteiger partial charge < -0.3 is 25.4 Å². The molecule has 0 spiro atoms. The Bertz CT molecular complexity index is 770. The van der Waals surface area contributed by atoms with Gasteiger partial charge in [-0.25, -0.2) is 9.18 Å². The normalized spacial score (nSPS) is 25.4. The largest absolute Gasteiger partial charge is 0.495 e. The molecule has 154 valence electrons. The maximum absolute atomic E-state index is 14.0. The number of aliphatic hydroxyl groups excluding tert-OH is 1. The SMILES string of the molecule is COc1cc(C2CCN(C(=O)CCC3(C)NC(=O)NC3O)CC2)cc(F)c1Cl. The molecule has 2 unspecified atom stereocenters. The zero-order valence-corrected chi connectivity index (χ0v) is 16.7. The molecule has 28 heavy (non-hydrogen) atoms. The molecule has 3 rings (SSSR count). The second-order valence-electron chi connectivity index (χ2n) is 7.59. The number of rotatable bonds is 5. The van der Waals surface area contributed by atoms with Crippen molar-refractivity contribution in [1.29, 1.82) is 0 Å². The smallest absolute Gasteiger partial charge is 0.317 e. The minimum absolute atomic E-state index is 0.0205. The fraction of sp³-hybridized carbons (Fsp3) is 0.579. The first-order valence-electron chi connectivity index (χ1n) is 9.31. The quantitative estimate of drug-likeness (QED) is 0.691. The van der Waals surface area contributed by atoms with Crippen molar-refractivity contribution in [2.24, 2.45) is 0 Å². The molecule has 7 nitrogen and oxygen atoms in total. The van der Waals surface area contributed by atoms with Crippen LogP contribution in [0.25, 0.3) is 0 Å². The Morgan fingerprint density at radius 3 is 2.68 bits per heavy atom. The lowest BCUT2D eigenvalue weighted by Crippen LogP contribution is -2.48. The molecule has 0 aromatic heterocycles. The van der Waals surface area contributed by atoms with E-state index < -0.39 is 23.6 Å². The second-order valence-corrected chi connectivity index (χ2v) is 7.97. The third-order valence-electron chi connectivity index (χ3n) is 5.68. The lowest BCUT2D eigenvalue weighted by molar-refractivity contribution is -0.132. The summed E-state index contributed by atoms with van der Waals surface area (Å²) in [5, 5.41) is 14.9. The van der Waals surface area contributed by atoms with Crippen molar-refractivity contribution in [1.82, 2.24) is 15.5 Å². The number of urea groups is 1. The Kier molecular flexibility index (Phi) is 6.00. The van der Waals surface area contributed by atoms with Crippen LogP contribution in [0.5, 0.6) is 5.75 Å². The minimum Gasteiger partial charge on any atom is -0.495 e. The Labute approximate surface area is 168 Å². The van der Waals surface area contributed by atoms with E-state index >= 15 is 0 Å². The van der Waals surface area contributed by atoms with E-state index in [1.807, 2.05) is 0 Å². The Morgan fingerprint density at radius 1 is 1.43 bits per heavy atom. The molecule has 2 atom stereocenters. The molecule has 2 aliphatic rings. The van der Waals surface area contributed by atoms with Gasteiger partial charge in [-0.3, -0.25) is 4.79 Å². The number of likely N-dealkylation sites (tertiary alicyclic amines) is 1. The molecule has 2 aliphatic heterocycles. The summed E-state index contributed by atoms with van der Waals surface area (Å²) in [6, 6.07) is 2.75. The summed E-state index contributed by atoms with van der Waals surface area (Å²) in [6.45, 7) is 2.84. The van der Waals surface area contributed by atoms with E-state index in [0.717, 1.165) is 5.56 Å². The molecule has 2 heterocycles. The van der Waals surface area contributed by atoms with Gasteiger partial charge in [-0.2, -0.15) is 0 Å². The molecule has 0 aliphatic carbocycles. The van der Waals surface area contributed by atoms with Gasteiger partial charge >= 0.3 is 6.03 Å². The molecule has 0 radical (unpaired) electrons. The van der Waals surface area contributed by atoms with Gasteiger partial charge in [-0.1, -0.05) is 11.6 Å². The highest BCUT2D eigenvalue weighted by Gasteiger charge is 2.42. The molecule has 1 aromatic carbocycles. The van der Waals surface area contributed by atoms with Gasteiger partial charge in [0.2, 0.25) is 5.91 Å². The predicted molar refractivity (Wildman–Crippen MR) is 102 cm³/mol. The molecule has 9 heteroatoms. The number of hydrogen-bond acceptors (Lipinski definition) is 4. The summed E-state index contributed by atoms with van der Waals surface area (Å²) in [7, 11) is 1.45. The number of aliphatic hydroxyl groups is 1. The number of nitrogens with one attached hydrogen (secondary N) is 2. The van der Waals surface area contributed by atoms with Crippen LogP contribution in [0.2, 0.25) is 5.02 Å². The number of piperidine rings is 1. The van der Waals surface area contributed by atoms with Gasteiger partial charge in [0, 0.05) is 19.5 Å². The van der Waals surface area contributed by atoms with Crippen molar-refractivity contribution in [2.45, 2.75) is 50.3 Å². The van der Waals surface area contributed by atoms with Crippen LogP contribution in [-0.2, 0) is 4.79 Å². The van der Waals surface area contributed by atoms with Crippen molar-refractivity contribution in [2.75, 3.05) is 20.2 Å². The average Bonchev–Trinajstić information content (AvgIpc) is 2.94. The highest BCUT2D eigenvalue weighted by Crippen LogP contribution is 2.35. The number of carbonyl (C=O) groups excluding carboxylic acids is 2. The van der Waals surface area contributed by atoms with E-state index in [1.165, 1.54) is 13.2 Å². The van der Waals surface area contributed by atoms with Crippen molar-refractivity contribution in [3.05, 3.63) is 28.5 Å². The van der Waals surface area contributed by atoms with E-state index in [1.54, 1.807) is 17.9 Å². The third kappa shape index (κ3) is 4.17. The standard InChI is InChI=1S/C19H25ClFN3O4/c1-19(17(26)22-18(27)23-19)6-3-15(25)24-7-4-11(5-8-24)12-9-13(21)16(20)14(10-12)28-2/h9-11,17,26H,3-8H2,1-2H3,(H2,22,23,27). The van der Waals surface area contributed by atoms with Crippen LogP contribution in [0.3, 0.4) is 0 Å². The number of ether oxygens (including phenoxy) is 1. The highest BCUT2D eigenvalue weighted by molar-refractivity contribution is 6.32. The summed E-state index contributed by atoms with van der Waals surface area (Å²) >= 11 is 5.89. The van der Waals surface area contributed by atoms with Gasteiger partial charge in [0.25, 0.3) is 0 Å². The summed E-state index contributed by atoms with van der Waals surface area (Å²) in [5.74, 6) is -0.0852. The lowest BCUT2D eigenvalue weighted by atomic mass is 9.88. The molecule has 0 bridgehead atoms. The molecule has 3 N–H and O–H groups in total. The molecular weight excluding hydrogens is 389 g/mol. The first-order chi connectivity index (χ1) is 13.2. The van der Waals surface area contributed by atoms with E-state index in [9.17, 15) is 19.1 Å². The van der Waals surface area contributed by atoms with Gasteiger partial charge in [0.15, 0.2) is 6.23 Å². The molecule has 2 fully saturated rings. The summed E-state index contributed by atoms with van der Waals surface area (Å²) in [6.07, 6.45) is 0.977. The molecule has 2 saturated heterocycles. The number of carbonyl (C=O) groups is 2. The van der Waals surface area contributed by atoms with Crippen LogP contribution in [0, 0.1) is 5.82 Å². The Hall–Kier alpha value is -2.06. The third-order valence-corrected chi connectivity index (χ3v) is 6.05. The highest BCUT2D eigenvalue weighted by atomic mass is 35.5. The van der Waals surface area contributed by atoms with Crippen molar-refractivity contribution in [3.63, 3.8) is 0 Å². The maximum Gasteiger partial charge on any atom is 0.317 e. The van der Waals surface area contributed by atoms with Crippen molar-refractivity contribution in [3.8, 4) is 5.75 Å². The molecule has 0 saturated carbocycles. The van der Waals surface area contributed by atoms with Gasteiger partial charge in [0.05, 0.1) is 12.6 Å². The first-order valence-corrected chi connectivity index (χ1v) is 9.69. The number of halogens is 2. The summed E-state index contributed by atoms with van der Waals surface area (Å²) in [4.78, 5) is 25.7. The van der Waals surface area contributed by atoms with E-state index in [2.05, 4.69) is 10.6 Å². The molecule has 1 aromatic rings. The number of methoxy groups -OCH3 is 1. The zero-order chi connectivity index (χ0) is 20.5. The Balaban J connectivity index is 1.55. The first kappa shape index (κ1) is 20.7. The zero-order valence-electron chi connectivity index (χ0n) is 15.9. The fourth-order valence-corrected chi connectivity index (χ4v) is 3.99. The summed E-state index contributed by atoms with van der Waals surface area (Å²) in [5.41, 5.74) is -0.0381.